The van der Waals surface area contributed by atoms with Gasteiger partial charge in [0.1, 0.15) is 5.57 Å². The van der Waals surface area contributed by atoms with Crippen LogP contribution < -0.4 is 10.1 Å². The molecular weight excluding hydrogens is 264 g/mol. The Morgan fingerprint density at radius 3 is 2.60 bits per heavy atom. The number of methoxy groups -OCH3 is 1. The van der Waals surface area contributed by atoms with Crippen molar-refractivity contribution >= 4 is 23.9 Å². The number of nitrogens with one attached hydrogen (secondary N) is 1. The van der Waals surface area contributed by atoms with Gasteiger partial charge in [0.15, 0.2) is 11.5 Å². The number of benzene rings is 1. The third kappa shape index (κ3) is 2.33. The van der Waals surface area contributed by atoms with Crippen molar-refractivity contribution in [2.75, 3.05) is 14.2 Å². The smallest absolute Gasteiger partial charge is 0.331 e. The summed E-state index contributed by atoms with van der Waals surface area (Å²) in [5.41, 5.74) is 0.251. The van der Waals surface area contributed by atoms with Crippen molar-refractivity contribution < 1.29 is 24.2 Å². The summed E-state index contributed by atoms with van der Waals surface area (Å²) in [4.78, 5) is 35.5. The number of nitrogens with zero attached hydrogens (tertiary/aromatic N) is 1. The maximum absolute atomic E-state index is 11.8. The molecule has 2 N–H and O–H groups in total. The van der Waals surface area contributed by atoms with E-state index in [1.54, 1.807) is 6.07 Å². The minimum Gasteiger partial charge on any atom is -0.504 e. The van der Waals surface area contributed by atoms with Crippen LogP contribution in [0.25, 0.3) is 6.08 Å². The van der Waals surface area contributed by atoms with Gasteiger partial charge in [-0.25, -0.2) is 4.79 Å². The topological polar surface area (TPSA) is 95.9 Å². The number of carbonyl (C=O) groups excluding carboxylic acids is 3. The number of amides is 4. The van der Waals surface area contributed by atoms with E-state index in [4.69, 9.17) is 4.74 Å². The van der Waals surface area contributed by atoms with Crippen molar-refractivity contribution in [1.82, 2.24) is 10.2 Å². The molecule has 1 fully saturated rings. The number of aromatic hydroxyl groups is 1. The molecule has 104 valence electrons. The molecule has 0 spiro atoms. The van der Waals surface area contributed by atoms with Crippen LogP contribution in [0.15, 0.2) is 23.8 Å². The lowest BCUT2D eigenvalue weighted by atomic mass is 10.1. The molecule has 0 bridgehead atoms. The number of rotatable bonds is 2. The predicted molar refractivity (Wildman–Crippen MR) is 68.9 cm³/mol. The van der Waals surface area contributed by atoms with Gasteiger partial charge >= 0.3 is 6.03 Å². The van der Waals surface area contributed by atoms with Gasteiger partial charge in [0.05, 0.1) is 7.11 Å². The Hall–Kier alpha value is -2.83. The summed E-state index contributed by atoms with van der Waals surface area (Å²) >= 11 is 0. The summed E-state index contributed by atoms with van der Waals surface area (Å²) < 4.78 is 4.89. The highest BCUT2D eigenvalue weighted by Gasteiger charge is 2.32. The van der Waals surface area contributed by atoms with Crippen LogP contribution in [0, 0.1) is 0 Å². The first kappa shape index (κ1) is 13.6. The Balaban J connectivity index is 2.39. The average Bonchev–Trinajstić information content (AvgIpc) is 2.41. The van der Waals surface area contributed by atoms with Crippen molar-refractivity contribution in [1.29, 1.82) is 0 Å². The van der Waals surface area contributed by atoms with Gasteiger partial charge in [-0.15, -0.1) is 0 Å². The summed E-state index contributed by atoms with van der Waals surface area (Å²) in [6.45, 7) is 0. The maximum atomic E-state index is 11.8. The molecule has 0 atom stereocenters. The Morgan fingerprint density at radius 2 is 2.00 bits per heavy atom. The zero-order chi connectivity index (χ0) is 14.9. The monoisotopic (exact) mass is 276 g/mol. The van der Waals surface area contributed by atoms with Gasteiger partial charge in [0.2, 0.25) is 0 Å². The van der Waals surface area contributed by atoms with Crippen molar-refractivity contribution in [2.24, 2.45) is 0 Å². The highest BCUT2D eigenvalue weighted by Crippen LogP contribution is 2.27. The number of barbiturate groups is 1. The molecule has 0 saturated carbocycles. The number of urea groups is 1. The van der Waals surface area contributed by atoms with Crippen LogP contribution in [0.4, 0.5) is 4.79 Å². The number of hydrogen-bond acceptors (Lipinski definition) is 5. The number of carbonyl (C=O) groups is 3. The average molecular weight is 276 g/mol. The van der Waals surface area contributed by atoms with Gasteiger partial charge in [-0.1, -0.05) is 6.07 Å². The fraction of sp³-hybridized carbons (Fsp3) is 0.154. The Labute approximate surface area is 114 Å². The zero-order valence-corrected chi connectivity index (χ0v) is 10.8. The second kappa shape index (κ2) is 5.04. The Kier molecular flexibility index (Phi) is 3.43. The van der Waals surface area contributed by atoms with E-state index in [2.05, 4.69) is 0 Å². The number of ether oxygens (including phenoxy) is 1. The van der Waals surface area contributed by atoms with Crippen LogP contribution in [-0.4, -0.2) is 42.0 Å². The Bertz CT molecular complexity index is 636. The highest BCUT2D eigenvalue weighted by atomic mass is 16.5. The van der Waals surface area contributed by atoms with Gasteiger partial charge in [0, 0.05) is 7.05 Å². The second-order valence-corrected chi connectivity index (χ2v) is 4.11. The lowest BCUT2D eigenvalue weighted by Gasteiger charge is -2.22. The van der Waals surface area contributed by atoms with Gasteiger partial charge in [-0.2, -0.15) is 0 Å². The lowest BCUT2D eigenvalue weighted by molar-refractivity contribution is -0.129. The summed E-state index contributed by atoms with van der Waals surface area (Å²) in [7, 11) is 2.68. The molecule has 1 saturated heterocycles. The number of phenolic OH excluding ortho intramolecular Hbond substituents is 1. The molecule has 1 aromatic rings. The summed E-state index contributed by atoms with van der Waals surface area (Å²) in [5.74, 6) is -1.31. The van der Waals surface area contributed by atoms with E-state index in [-0.39, 0.29) is 17.1 Å². The first-order valence-corrected chi connectivity index (χ1v) is 5.66. The maximum Gasteiger partial charge on any atom is 0.331 e. The fourth-order valence-electron chi connectivity index (χ4n) is 1.71. The van der Waals surface area contributed by atoms with E-state index < -0.39 is 17.8 Å². The molecule has 0 radical (unpaired) electrons. The molecule has 2 rings (SSSR count). The molecule has 7 heteroatoms. The van der Waals surface area contributed by atoms with Crippen LogP contribution in [-0.2, 0) is 9.59 Å². The van der Waals surface area contributed by atoms with Crippen molar-refractivity contribution in [3.8, 4) is 11.5 Å². The lowest BCUT2D eigenvalue weighted by Crippen LogP contribution is -2.52. The van der Waals surface area contributed by atoms with Crippen LogP contribution >= 0.6 is 0 Å². The largest absolute Gasteiger partial charge is 0.504 e. The van der Waals surface area contributed by atoms with Crippen molar-refractivity contribution in [2.45, 2.75) is 0 Å². The van der Waals surface area contributed by atoms with E-state index in [0.29, 0.717) is 5.56 Å². The highest BCUT2D eigenvalue weighted by molar-refractivity contribution is 6.30. The molecule has 0 unspecified atom stereocenters. The van der Waals surface area contributed by atoms with Crippen molar-refractivity contribution in [3.05, 3.63) is 29.3 Å². The Morgan fingerprint density at radius 1 is 1.30 bits per heavy atom. The van der Waals surface area contributed by atoms with E-state index in [1.165, 1.54) is 32.4 Å². The standard InChI is InChI=1S/C13H12N2O5/c1-15-12(18)8(11(17)14-13(15)19)5-7-3-4-10(20-2)9(16)6-7/h3-6,16H,1-2H3,(H,14,17,19)/b8-5-. The minimum atomic E-state index is -0.770. The van der Waals surface area contributed by atoms with E-state index in [0.717, 1.165) is 4.90 Å². The zero-order valence-electron chi connectivity index (χ0n) is 10.8. The first-order chi connectivity index (χ1) is 9.43. The molecule has 1 heterocycles. The predicted octanol–water partition coefficient (Wildman–Crippen LogP) is 0.492. The number of imide groups is 2. The molecule has 20 heavy (non-hydrogen) atoms. The van der Waals surface area contributed by atoms with Gasteiger partial charge in [-0.05, 0) is 23.8 Å². The van der Waals surface area contributed by atoms with Crippen LogP contribution in [0.3, 0.4) is 0 Å². The second-order valence-electron chi connectivity index (χ2n) is 4.11. The summed E-state index contributed by atoms with van der Waals surface area (Å²) in [6.07, 6.45) is 1.29. The van der Waals surface area contributed by atoms with Crippen LogP contribution in [0.5, 0.6) is 11.5 Å². The molecule has 1 aromatic carbocycles. The minimum absolute atomic E-state index is 0.116. The number of phenols is 1. The SMILES string of the molecule is COc1ccc(/C=C2/C(=O)NC(=O)N(C)C2=O)cc1O. The van der Waals surface area contributed by atoms with Gasteiger partial charge < -0.3 is 9.84 Å². The summed E-state index contributed by atoms with van der Waals surface area (Å²) in [6, 6.07) is 3.66. The third-order valence-corrected chi connectivity index (χ3v) is 2.82. The van der Waals surface area contributed by atoms with E-state index >= 15 is 0 Å². The molecule has 1 aliphatic rings. The molecular formula is C13H12N2O5. The molecule has 7 nitrogen and oxygen atoms in total. The van der Waals surface area contributed by atoms with Crippen LogP contribution in [0.2, 0.25) is 0 Å². The molecule has 4 amide bonds. The summed E-state index contributed by atoms with van der Waals surface area (Å²) in [5, 5.41) is 11.7. The number of hydrogen-bond donors (Lipinski definition) is 2. The van der Waals surface area contributed by atoms with Gasteiger partial charge in [0.25, 0.3) is 11.8 Å². The van der Waals surface area contributed by atoms with Crippen LogP contribution in [0.1, 0.15) is 5.56 Å². The first-order valence-electron chi connectivity index (χ1n) is 5.66. The third-order valence-electron chi connectivity index (χ3n) is 2.82. The van der Waals surface area contributed by atoms with E-state index in [9.17, 15) is 19.5 Å². The quantitative estimate of drug-likeness (QED) is 0.605. The molecule has 0 aliphatic carbocycles. The van der Waals surface area contributed by atoms with Crippen molar-refractivity contribution in [3.63, 3.8) is 0 Å². The number of likely N-dealkylation sites (N-methyl/N-ethyl adjacent to an activating group) is 1. The fourth-order valence-corrected chi connectivity index (χ4v) is 1.71. The molecule has 0 aromatic heterocycles. The van der Waals surface area contributed by atoms with E-state index in [1.807, 2.05) is 5.32 Å². The molecule has 1 aliphatic heterocycles. The normalized spacial score (nSPS) is 17.4. The van der Waals surface area contributed by atoms with Gasteiger partial charge in [-0.3, -0.25) is 19.8 Å².